The summed E-state index contributed by atoms with van der Waals surface area (Å²) in [6.07, 6.45) is 0.290. The molecular formula is C20H19NO4. The molecular weight excluding hydrogens is 318 g/mol. The van der Waals surface area contributed by atoms with Crippen molar-refractivity contribution in [3.63, 3.8) is 0 Å². The van der Waals surface area contributed by atoms with Crippen molar-refractivity contribution in [2.45, 2.75) is 19.4 Å². The van der Waals surface area contributed by atoms with Gasteiger partial charge in [-0.05, 0) is 36.3 Å². The van der Waals surface area contributed by atoms with Gasteiger partial charge in [-0.15, -0.1) is 0 Å². The fraction of sp³-hybridized carbons (Fsp3) is 0.150. The number of hydrogen-bond acceptors (Lipinski definition) is 4. The predicted molar refractivity (Wildman–Crippen MR) is 94.9 cm³/mol. The van der Waals surface area contributed by atoms with Crippen LogP contribution in [0.15, 0.2) is 67.3 Å². The number of rotatable bonds is 7. The van der Waals surface area contributed by atoms with Gasteiger partial charge in [0.15, 0.2) is 6.10 Å². The number of anilines is 1. The topological polar surface area (TPSA) is 72.5 Å². The van der Waals surface area contributed by atoms with Gasteiger partial charge < -0.3 is 10.1 Å². The van der Waals surface area contributed by atoms with Crippen LogP contribution < -0.4 is 5.32 Å². The minimum absolute atomic E-state index is 0.251. The van der Waals surface area contributed by atoms with Gasteiger partial charge in [0, 0.05) is 5.69 Å². The molecule has 0 aromatic heterocycles. The number of ether oxygens (including phenoxy) is 1. The van der Waals surface area contributed by atoms with Gasteiger partial charge in [0.2, 0.25) is 5.91 Å². The molecule has 5 nitrogen and oxygen atoms in total. The zero-order chi connectivity index (χ0) is 18.2. The summed E-state index contributed by atoms with van der Waals surface area (Å²) in [4.78, 5) is 34.4. The molecule has 0 aliphatic heterocycles. The highest BCUT2D eigenvalue weighted by Gasteiger charge is 2.19. The first-order chi connectivity index (χ1) is 12.0. The van der Waals surface area contributed by atoms with Crippen molar-refractivity contribution in [1.82, 2.24) is 0 Å². The van der Waals surface area contributed by atoms with Crippen LogP contribution in [0.4, 0.5) is 5.69 Å². The number of esters is 1. The second kappa shape index (κ2) is 8.59. The maximum Gasteiger partial charge on any atom is 0.314 e. The Kier molecular flexibility index (Phi) is 6.23. The average molecular weight is 337 g/mol. The van der Waals surface area contributed by atoms with E-state index in [2.05, 4.69) is 11.9 Å². The van der Waals surface area contributed by atoms with Crippen molar-refractivity contribution < 1.29 is 19.1 Å². The van der Waals surface area contributed by atoms with E-state index in [0.29, 0.717) is 5.69 Å². The zero-order valence-electron chi connectivity index (χ0n) is 13.9. The van der Waals surface area contributed by atoms with Crippen molar-refractivity contribution in [1.29, 1.82) is 0 Å². The van der Waals surface area contributed by atoms with Crippen LogP contribution in [0.5, 0.6) is 0 Å². The quantitative estimate of drug-likeness (QED) is 0.477. The molecule has 0 aliphatic carbocycles. The van der Waals surface area contributed by atoms with Gasteiger partial charge in [-0.2, -0.15) is 0 Å². The summed E-state index contributed by atoms with van der Waals surface area (Å²) >= 11 is 0. The molecule has 0 bridgehead atoms. The van der Waals surface area contributed by atoms with Gasteiger partial charge in [0.05, 0.1) is 0 Å². The van der Waals surface area contributed by atoms with Crippen molar-refractivity contribution >= 4 is 23.3 Å². The lowest BCUT2D eigenvalue weighted by molar-refractivity contribution is -0.149. The molecule has 0 aliphatic rings. The zero-order valence-corrected chi connectivity index (χ0v) is 13.9. The summed E-state index contributed by atoms with van der Waals surface area (Å²) in [5, 5.41) is 2.65. The highest BCUT2D eigenvalue weighted by atomic mass is 16.5. The average Bonchev–Trinajstić information content (AvgIpc) is 2.60. The van der Waals surface area contributed by atoms with Crippen LogP contribution in [0.25, 0.3) is 0 Å². The standard InChI is InChI=1S/C20H19NO4/c1-3-18(23)21-17-11-9-16(10-12-17)20(15-7-5-4-6-8-15)25-19(24)13-14(2)22/h3-12,20H,1,13H2,2H3,(H,21,23). The molecule has 0 saturated carbocycles. The Hall–Kier alpha value is -3.21. The Labute approximate surface area is 146 Å². The number of amides is 1. The van der Waals surface area contributed by atoms with Gasteiger partial charge in [0.1, 0.15) is 12.2 Å². The summed E-state index contributed by atoms with van der Waals surface area (Å²) < 4.78 is 5.51. The van der Waals surface area contributed by atoms with Crippen LogP contribution in [-0.2, 0) is 19.1 Å². The fourth-order valence-electron chi connectivity index (χ4n) is 2.27. The Bertz CT molecular complexity index is 766. The molecule has 0 fully saturated rings. The maximum absolute atomic E-state index is 12.0. The number of Topliss-reactive ketones (excluding diaryl/α,β-unsaturated/α-hetero) is 1. The van der Waals surface area contributed by atoms with Crippen LogP contribution in [0.2, 0.25) is 0 Å². The first kappa shape index (κ1) is 18.1. The van der Waals surface area contributed by atoms with Crippen LogP contribution in [0, 0.1) is 0 Å². The molecule has 2 rings (SSSR count). The molecule has 0 radical (unpaired) electrons. The van der Waals surface area contributed by atoms with E-state index < -0.39 is 12.1 Å². The van der Waals surface area contributed by atoms with E-state index in [1.165, 1.54) is 13.0 Å². The van der Waals surface area contributed by atoms with E-state index in [0.717, 1.165) is 11.1 Å². The number of nitrogens with one attached hydrogen (secondary N) is 1. The van der Waals surface area contributed by atoms with Crippen molar-refractivity contribution in [2.75, 3.05) is 5.32 Å². The van der Waals surface area contributed by atoms with Gasteiger partial charge in [-0.1, -0.05) is 49.0 Å². The van der Waals surface area contributed by atoms with E-state index in [9.17, 15) is 14.4 Å². The lowest BCUT2D eigenvalue weighted by atomic mass is 10.0. The SMILES string of the molecule is C=CC(=O)Nc1ccc(C(OC(=O)CC(C)=O)c2ccccc2)cc1. The third-order valence-corrected chi connectivity index (χ3v) is 3.41. The summed E-state index contributed by atoms with van der Waals surface area (Å²) in [5.74, 6) is -1.13. The second-order valence-corrected chi connectivity index (χ2v) is 5.47. The Morgan fingerprint density at radius 1 is 1.04 bits per heavy atom. The summed E-state index contributed by atoms with van der Waals surface area (Å²) in [6.45, 7) is 4.74. The Balaban J connectivity index is 2.25. The van der Waals surface area contributed by atoms with Crippen LogP contribution in [-0.4, -0.2) is 17.7 Å². The van der Waals surface area contributed by atoms with E-state index in [-0.39, 0.29) is 18.1 Å². The second-order valence-electron chi connectivity index (χ2n) is 5.47. The molecule has 128 valence electrons. The number of ketones is 1. The monoisotopic (exact) mass is 337 g/mol. The molecule has 0 saturated heterocycles. The molecule has 5 heteroatoms. The summed E-state index contributed by atoms with van der Waals surface area (Å²) in [5.41, 5.74) is 2.14. The van der Waals surface area contributed by atoms with Gasteiger partial charge in [-0.3, -0.25) is 14.4 Å². The highest BCUT2D eigenvalue weighted by molar-refractivity contribution is 5.98. The third-order valence-electron chi connectivity index (χ3n) is 3.41. The minimum atomic E-state index is -0.628. The van der Waals surface area contributed by atoms with Crippen molar-refractivity contribution in [2.24, 2.45) is 0 Å². The van der Waals surface area contributed by atoms with Crippen LogP contribution in [0.3, 0.4) is 0 Å². The van der Waals surface area contributed by atoms with Gasteiger partial charge in [-0.25, -0.2) is 0 Å². The molecule has 1 atom stereocenters. The lowest BCUT2D eigenvalue weighted by Gasteiger charge is -2.19. The number of carbonyl (C=O) groups excluding carboxylic acids is 3. The molecule has 2 aromatic rings. The molecule has 1 N–H and O–H groups in total. The summed E-state index contributed by atoms with van der Waals surface area (Å²) in [6, 6.07) is 16.2. The van der Waals surface area contributed by atoms with E-state index >= 15 is 0 Å². The van der Waals surface area contributed by atoms with E-state index in [1.54, 1.807) is 24.3 Å². The number of carbonyl (C=O) groups is 3. The van der Waals surface area contributed by atoms with Crippen molar-refractivity contribution in [3.8, 4) is 0 Å². The normalized spacial score (nSPS) is 11.2. The highest BCUT2D eigenvalue weighted by Crippen LogP contribution is 2.27. The lowest BCUT2D eigenvalue weighted by Crippen LogP contribution is -2.15. The molecule has 0 heterocycles. The Morgan fingerprint density at radius 2 is 1.64 bits per heavy atom. The van der Waals surface area contributed by atoms with Gasteiger partial charge >= 0.3 is 5.97 Å². The molecule has 25 heavy (non-hydrogen) atoms. The largest absolute Gasteiger partial charge is 0.452 e. The number of hydrogen-bond donors (Lipinski definition) is 1. The molecule has 1 unspecified atom stereocenters. The number of benzene rings is 2. The maximum atomic E-state index is 12.0. The van der Waals surface area contributed by atoms with Crippen molar-refractivity contribution in [3.05, 3.63) is 78.4 Å². The van der Waals surface area contributed by atoms with Crippen LogP contribution >= 0.6 is 0 Å². The molecule has 0 spiro atoms. The van der Waals surface area contributed by atoms with E-state index in [1.807, 2.05) is 30.3 Å². The smallest absolute Gasteiger partial charge is 0.314 e. The first-order valence-corrected chi connectivity index (χ1v) is 7.77. The minimum Gasteiger partial charge on any atom is -0.452 e. The first-order valence-electron chi connectivity index (χ1n) is 7.77. The predicted octanol–water partition coefficient (Wildman–Crippen LogP) is 3.42. The fourth-order valence-corrected chi connectivity index (χ4v) is 2.27. The summed E-state index contributed by atoms with van der Waals surface area (Å²) in [7, 11) is 0. The van der Waals surface area contributed by atoms with Crippen LogP contribution in [0.1, 0.15) is 30.6 Å². The van der Waals surface area contributed by atoms with Gasteiger partial charge in [0.25, 0.3) is 0 Å². The third kappa shape index (κ3) is 5.42. The Morgan fingerprint density at radius 3 is 2.20 bits per heavy atom. The van der Waals surface area contributed by atoms with E-state index in [4.69, 9.17) is 4.74 Å². The molecule has 2 aromatic carbocycles. The molecule has 1 amide bonds.